The lowest BCUT2D eigenvalue weighted by molar-refractivity contribution is 0.165. The van der Waals surface area contributed by atoms with E-state index in [9.17, 15) is 9.59 Å². The van der Waals surface area contributed by atoms with Gasteiger partial charge in [-0.25, -0.2) is 14.8 Å². The highest BCUT2D eigenvalue weighted by atomic mass is 16.1. The molecule has 0 bridgehead atoms. The van der Waals surface area contributed by atoms with Gasteiger partial charge in [0.2, 0.25) is 0 Å². The molecule has 1 saturated heterocycles. The summed E-state index contributed by atoms with van der Waals surface area (Å²) in [6.07, 6.45) is 7.29. The first kappa shape index (κ1) is 17.5. The van der Waals surface area contributed by atoms with Crippen LogP contribution >= 0.6 is 0 Å². The number of likely N-dealkylation sites (tertiary alicyclic amines) is 1. The van der Waals surface area contributed by atoms with E-state index in [-0.39, 0.29) is 11.2 Å². The third-order valence-electron chi connectivity index (χ3n) is 5.09. The van der Waals surface area contributed by atoms with Gasteiger partial charge in [0.15, 0.2) is 0 Å². The Morgan fingerprint density at radius 1 is 1.16 bits per heavy atom. The Morgan fingerprint density at radius 2 is 1.88 bits per heavy atom. The van der Waals surface area contributed by atoms with Gasteiger partial charge >= 0.3 is 5.69 Å². The molecule has 0 aromatic carbocycles. The molecule has 2 aromatic rings. The van der Waals surface area contributed by atoms with E-state index in [2.05, 4.69) is 14.9 Å². The van der Waals surface area contributed by atoms with Gasteiger partial charge in [-0.15, -0.1) is 0 Å². The molecule has 1 aliphatic rings. The Hall–Kier alpha value is -2.28. The van der Waals surface area contributed by atoms with Gasteiger partial charge < -0.3 is 4.57 Å². The average Bonchev–Trinajstić information content (AvgIpc) is 2.60. The van der Waals surface area contributed by atoms with E-state index in [1.165, 1.54) is 4.57 Å². The summed E-state index contributed by atoms with van der Waals surface area (Å²) < 4.78 is 3.26. The molecule has 0 saturated carbocycles. The fraction of sp³-hybridized carbons (Fsp3) is 0.556. The minimum absolute atomic E-state index is 0.0752. The number of aryl methyl sites for hydroxylation is 2. The summed E-state index contributed by atoms with van der Waals surface area (Å²) >= 11 is 0. The van der Waals surface area contributed by atoms with Crippen molar-refractivity contribution in [2.24, 2.45) is 13.0 Å². The summed E-state index contributed by atoms with van der Waals surface area (Å²) in [7, 11) is 1.72. The summed E-state index contributed by atoms with van der Waals surface area (Å²) in [6, 6.07) is 0. The van der Waals surface area contributed by atoms with Crippen LogP contribution in [0.2, 0.25) is 0 Å². The molecule has 7 nitrogen and oxygen atoms in total. The first-order chi connectivity index (χ1) is 11.9. The molecule has 3 rings (SSSR count). The number of aromatic nitrogens is 4. The summed E-state index contributed by atoms with van der Waals surface area (Å²) in [5.41, 5.74) is 2.44. The van der Waals surface area contributed by atoms with Crippen LogP contribution in [-0.4, -0.2) is 37.1 Å². The van der Waals surface area contributed by atoms with Crippen LogP contribution in [0.1, 0.15) is 29.7 Å². The third kappa shape index (κ3) is 4.04. The monoisotopic (exact) mass is 343 g/mol. The standard InChI is InChI=1S/C18H25N5O2/c1-13-14(2)20-12-23(17(13)24)11-15-4-6-22(7-5-15)10-16-8-19-18(25)21(3)9-16/h8-9,12,15H,4-7,10-11H2,1-3H3. The predicted octanol–water partition coefficient (Wildman–Crippen LogP) is 0.866. The Morgan fingerprint density at radius 3 is 2.56 bits per heavy atom. The largest absolute Gasteiger partial charge is 0.347 e. The Bertz CT molecular complexity index is 863. The van der Waals surface area contributed by atoms with Gasteiger partial charge in [0.1, 0.15) is 0 Å². The summed E-state index contributed by atoms with van der Waals surface area (Å²) in [6.45, 7) is 7.22. The van der Waals surface area contributed by atoms with E-state index in [1.54, 1.807) is 24.1 Å². The molecule has 0 radical (unpaired) electrons. The van der Waals surface area contributed by atoms with E-state index in [0.717, 1.165) is 55.8 Å². The van der Waals surface area contributed by atoms with Crippen LogP contribution in [-0.2, 0) is 20.1 Å². The first-order valence-corrected chi connectivity index (χ1v) is 8.70. The maximum Gasteiger partial charge on any atom is 0.347 e. The zero-order valence-electron chi connectivity index (χ0n) is 15.1. The van der Waals surface area contributed by atoms with Crippen LogP contribution in [0.5, 0.6) is 0 Å². The summed E-state index contributed by atoms with van der Waals surface area (Å²) in [4.78, 5) is 34.2. The van der Waals surface area contributed by atoms with Crippen molar-refractivity contribution < 1.29 is 0 Å². The Balaban J connectivity index is 1.57. The Labute approximate surface area is 147 Å². The zero-order chi connectivity index (χ0) is 18.0. The minimum atomic E-state index is -0.227. The predicted molar refractivity (Wildman–Crippen MR) is 95.5 cm³/mol. The Kier molecular flexibility index (Phi) is 5.13. The van der Waals surface area contributed by atoms with Crippen molar-refractivity contribution in [1.82, 2.24) is 24.0 Å². The second-order valence-corrected chi connectivity index (χ2v) is 6.99. The average molecular weight is 343 g/mol. The molecule has 0 unspecified atom stereocenters. The molecule has 0 atom stereocenters. The third-order valence-corrected chi connectivity index (χ3v) is 5.09. The van der Waals surface area contributed by atoms with Crippen molar-refractivity contribution in [2.75, 3.05) is 13.1 Å². The van der Waals surface area contributed by atoms with E-state index in [4.69, 9.17) is 0 Å². The van der Waals surface area contributed by atoms with Crippen molar-refractivity contribution >= 4 is 0 Å². The van der Waals surface area contributed by atoms with Crippen LogP contribution in [0.3, 0.4) is 0 Å². The maximum absolute atomic E-state index is 12.3. The van der Waals surface area contributed by atoms with Gasteiger partial charge in [0, 0.05) is 49.4 Å². The quantitative estimate of drug-likeness (QED) is 0.823. The molecule has 7 heteroatoms. The number of piperidine rings is 1. The fourth-order valence-corrected chi connectivity index (χ4v) is 3.32. The molecule has 0 aliphatic carbocycles. The van der Waals surface area contributed by atoms with Gasteiger partial charge in [0.05, 0.1) is 6.33 Å². The van der Waals surface area contributed by atoms with Crippen LogP contribution in [0.15, 0.2) is 28.3 Å². The number of hydrogen-bond acceptors (Lipinski definition) is 5. The van der Waals surface area contributed by atoms with Gasteiger partial charge in [-0.3, -0.25) is 14.3 Å². The lowest BCUT2D eigenvalue weighted by Gasteiger charge is -2.32. The summed E-state index contributed by atoms with van der Waals surface area (Å²) in [5.74, 6) is 0.496. The maximum atomic E-state index is 12.3. The van der Waals surface area contributed by atoms with Crippen LogP contribution < -0.4 is 11.2 Å². The van der Waals surface area contributed by atoms with E-state index in [0.29, 0.717) is 5.92 Å². The lowest BCUT2D eigenvalue weighted by atomic mass is 9.96. The molecular formula is C18H25N5O2. The molecule has 0 spiro atoms. The molecule has 1 aliphatic heterocycles. The van der Waals surface area contributed by atoms with Crippen LogP contribution in [0.25, 0.3) is 0 Å². The molecule has 0 amide bonds. The van der Waals surface area contributed by atoms with E-state index < -0.39 is 0 Å². The van der Waals surface area contributed by atoms with E-state index in [1.807, 2.05) is 20.0 Å². The second kappa shape index (κ2) is 7.31. The first-order valence-electron chi connectivity index (χ1n) is 8.70. The second-order valence-electron chi connectivity index (χ2n) is 6.99. The molecule has 1 fully saturated rings. The number of hydrogen-bond donors (Lipinski definition) is 0. The molecule has 134 valence electrons. The number of nitrogens with zero attached hydrogens (tertiary/aromatic N) is 5. The minimum Gasteiger partial charge on any atom is -0.302 e. The van der Waals surface area contributed by atoms with Gasteiger partial charge in [0.25, 0.3) is 5.56 Å². The molecule has 2 aromatic heterocycles. The van der Waals surface area contributed by atoms with Gasteiger partial charge in [-0.05, 0) is 45.7 Å². The smallest absolute Gasteiger partial charge is 0.302 e. The lowest BCUT2D eigenvalue weighted by Crippen LogP contribution is -2.36. The van der Waals surface area contributed by atoms with Crippen LogP contribution in [0, 0.1) is 19.8 Å². The van der Waals surface area contributed by atoms with Crippen molar-refractivity contribution in [3.8, 4) is 0 Å². The van der Waals surface area contributed by atoms with Gasteiger partial charge in [-0.2, -0.15) is 0 Å². The summed E-state index contributed by atoms with van der Waals surface area (Å²) in [5, 5.41) is 0. The SMILES string of the molecule is Cc1ncn(CC2CCN(Cc3cnc(=O)n(C)c3)CC2)c(=O)c1C. The van der Waals surface area contributed by atoms with Crippen molar-refractivity contribution in [3.05, 3.63) is 56.4 Å². The van der Waals surface area contributed by atoms with Crippen molar-refractivity contribution in [3.63, 3.8) is 0 Å². The molecular weight excluding hydrogens is 318 g/mol. The molecule has 3 heterocycles. The normalized spacial score (nSPS) is 16.3. The topological polar surface area (TPSA) is 73.0 Å². The zero-order valence-corrected chi connectivity index (χ0v) is 15.1. The number of rotatable bonds is 4. The van der Waals surface area contributed by atoms with Crippen molar-refractivity contribution in [1.29, 1.82) is 0 Å². The molecule has 0 N–H and O–H groups in total. The van der Waals surface area contributed by atoms with Crippen LogP contribution in [0.4, 0.5) is 0 Å². The molecule has 25 heavy (non-hydrogen) atoms. The fourth-order valence-electron chi connectivity index (χ4n) is 3.32. The van der Waals surface area contributed by atoms with Gasteiger partial charge in [-0.1, -0.05) is 0 Å². The highest BCUT2D eigenvalue weighted by molar-refractivity contribution is 5.12. The van der Waals surface area contributed by atoms with E-state index >= 15 is 0 Å². The van der Waals surface area contributed by atoms with Crippen molar-refractivity contribution in [2.45, 2.75) is 39.8 Å². The highest BCUT2D eigenvalue weighted by Gasteiger charge is 2.20. The highest BCUT2D eigenvalue weighted by Crippen LogP contribution is 2.20.